The molecule has 0 aliphatic carbocycles. The second-order valence-electron chi connectivity index (χ2n) is 5.97. The topological polar surface area (TPSA) is 87.7 Å². The molecule has 0 radical (unpaired) electrons. The maximum atomic E-state index is 12.9. The summed E-state index contributed by atoms with van der Waals surface area (Å²) >= 11 is 0. The van der Waals surface area contributed by atoms with Crippen LogP contribution in [0.1, 0.15) is 18.9 Å². The number of imide groups is 1. The first kappa shape index (κ1) is 18.4. The summed E-state index contributed by atoms with van der Waals surface area (Å²) in [6, 6.07) is 13.2. The van der Waals surface area contributed by atoms with Crippen molar-refractivity contribution in [2.45, 2.75) is 18.9 Å². The first-order valence-corrected chi connectivity index (χ1v) is 8.36. The van der Waals surface area contributed by atoms with Crippen LogP contribution in [0.15, 0.2) is 54.6 Å². The van der Waals surface area contributed by atoms with E-state index >= 15 is 0 Å². The predicted molar refractivity (Wildman–Crippen MR) is 93.8 cm³/mol. The fourth-order valence-corrected chi connectivity index (χ4v) is 2.88. The van der Waals surface area contributed by atoms with Crippen LogP contribution < -0.4 is 15.5 Å². The van der Waals surface area contributed by atoms with Gasteiger partial charge in [-0.1, -0.05) is 37.3 Å². The third kappa shape index (κ3) is 3.59. The summed E-state index contributed by atoms with van der Waals surface area (Å²) in [7, 11) is 0. The molecular weight excluding hydrogens is 353 g/mol. The monoisotopic (exact) mass is 371 g/mol. The van der Waals surface area contributed by atoms with Crippen LogP contribution in [0.25, 0.3) is 0 Å². The zero-order valence-corrected chi connectivity index (χ0v) is 14.6. The molecule has 2 aromatic carbocycles. The maximum absolute atomic E-state index is 12.9. The van der Waals surface area contributed by atoms with Gasteiger partial charge in [-0.05, 0) is 36.2 Å². The van der Waals surface area contributed by atoms with Crippen LogP contribution in [-0.4, -0.2) is 29.5 Å². The molecule has 1 aliphatic heterocycles. The molecular formula is C19H18FN3O4. The summed E-state index contributed by atoms with van der Waals surface area (Å²) in [5.41, 5.74) is 1.65. The van der Waals surface area contributed by atoms with Crippen LogP contribution >= 0.6 is 0 Å². The van der Waals surface area contributed by atoms with E-state index < -0.39 is 35.8 Å². The van der Waals surface area contributed by atoms with E-state index in [1.165, 1.54) is 24.3 Å². The van der Waals surface area contributed by atoms with Gasteiger partial charge in [-0.2, -0.15) is 5.01 Å². The molecule has 0 spiro atoms. The van der Waals surface area contributed by atoms with Crippen molar-refractivity contribution >= 4 is 17.8 Å². The third-order valence-electron chi connectivity index (χ3n) is 4.31. The van der Waals surface area contributed by atoms with E-state index in [0.29, 0.717) is 17.0 Å². The van der Waals surface area contributed by atoms with Crippen LogP contribution in [0.3, 0.4) is 0 Å². The van der Waals surface area contributed by atoms with Crippen molar-refractivity contribution in [3.05, 3.63) is 66.0 Å². The van der Waals surface area contributed by atoms with Crippen LogP contribution in [0.4, 0.5) is 9.18 Å². The first-order chi connectivity index (χ1) is 13.0. The van der Waals surface area contributed by atoms with Gasteiger partial charge in [0.25, 0.3) is 11.8 Å². The molecule has 1 atom stereocenters. The van der Waals surface area contributed by atoms with Gasteiger partial charge in [0.2, 0.25) is 0 Å². The number of ether oxygens (including phenoxy) is 1. The number of halogens is 1. The lowest BCUT2D eigenvalue weighted by atomic mass is 9.87. The Morgan fingerprint density at radius 3 is 2.44 bits per heavy atom. The van der Waals surface area contributed by atoms with Crippen molar-refractivity contribution in [1.82, 2.24) is 15.8 Å². The number of hydrazine groups is 1. The van der Waals surface area contributed by atoms with Gasteiger partial charge in [0.05, 0.1) is 0 Å². The second kappa shape index (κ2) is 7.45. The van der Waals surface area contributed by atoms with E-state index in [4.69, 9.17) is 4.74 Å². The van der Waals surface area contributed by atoms with Crippen molar-refractivity contribution in [2.24, 2.45) is 0 Å². The van der Waals surface area contributed by atoms with Gasteiger partial charge in [-0.15, -0.1) is 0 Å². The Bertz CT molecular complexity index is 857. The molecule has 0 saturated carbocycles. The lowest BCUT2D eigenvalue weighted by Gasteiger charge is -2.25. The molecule has 0 aromatic heterocycles. The Morgan fingerprint density at radius 2 is 1.81 bits per heavy atom. The molecule has 8 heteroatoms. The minimum absolute atomic E-state index is 0.288. The third-order valence-corrected chi connectivity index (χ3v) is 4.31. The van der Waals surface area contributed by atoms with Gasteiger partial charge in [0.15, 0.2) is 6.61 Å². The van der Waals surface area contributed by atoms with Crippen molar-refractivity contribution in [2.75, 3.05) is 6.61 Å². The summed E-state index contributed by atoms with van der Waals surface area (Å²) in [5.74, 6) is -1.40. The minimum atomic E-state index is -1.23. The zero-order chi connectivity index (χ0) is 19.4. The number of carbonyl (C=O) groups is 3. The number of benzene rings is 2. The van der Waals surface area contributed by atoms with Crippen LogP contribution in [0, 0.1) is 5.82 Å². The van der Waals surface area contributed by atoms with Gasteiger partial charge in [-0.25, -0.2) is 9.18 Å². The highest BCUT2D eigenvalue weighted by Gasteiger charge is 2.52. The Kier molecular flexibility index (Phi) is 5.07. The molecule has 2 N–H and O–H groups in total. The predicted octanol–water partition coefficient (Wildman–Crippen LogP) is 2.09. The SMILES string of the molecule is CC[C@@]1(c2ccccc2)NC(=O)N(NC(=O)COc2ccc(F)cc2)C1=O. The van der Waals surface area contributed by atoms with E-state index in [0.717, 1.165) is 0 Å². The number of carbonyl (C=O) groups excluding carboxylic acids is 3. The van der Waals surface area contributed by atoms with Crippen molar-refractivity contribution in [3.63, 3.8) is 0 Å². The number of nitrogens with one attached hydrogen (secondary N) is 2. The molecule has 2 aromatic rings. The fourth-order valence-electron chi connectivity index (χ4n) is 2.88. The molecule has 3 rings (SSSR count). The number of urea groups is 1. The standard InChI is InChI=1S/C19H18FN3O4/c1-2-19(13-6-4-3-5-7-13)17(25)23(18(26)21-19)22-16(24)12-27-15-10-8-14(20)9-11-15/h3-11H,2,12H2,1H3,(H,21,26)(H,22,24)/t19-/m0/s1. The van der Waals surface area contributed by atoms with E-state index in [-0.39, 0.29) is 5.75 Å². The highest BCUT2D eigenvalue weighted by molar-refractivity contribution is 6.08. The van der Waals surface area contributed by atoms with Crippen LogP contribution in [-0.2, 0) is 15.1 Å². The zero-order valence-electron chi connectivity index (χ0n) is 14.6. The molecule has 0 bridgehead atoms. The van der Waals surface area contributed by atoms with Gasteiger partial charge in [0, 0.05) is 0 Å². The quantitative estimate of drug-likeness (QED) is 0.761. The second-order valence-corrected chi connectivity index (χ2v) is 5.97. The lowest BCUT2D eigenvalue weighted by Crippen LogP contribution is -2.49. The Labute approximate surface area is 155 Å². The molecule has 140 valence electrons. The molecule has 1 heterocycles. The fraction of sp³-hybridized carbons (Fsp3) is 0.211. The highest BCUT2D eigenvalue weighted by atomic mass is 19.1. The summed E-state index contributed by atoms with van der Waals surface area (Å²) in [6.45, 7) is 1.33. The van der Waals surface area contributed by atoms with Gasteiger partial charge < -0.3 is 10.1 Å². The average Bonchev–Trinajstić information content (AvgIpc) is 2.93. The Morgan fingerprint density at radius 1 is 1.15 bits per heavy atom. The lowest BCUT2D eigenvalue weighted by molar-refractivity contribution is -0.140. The van der Waals surface area contributed by atoms with E-state index in [1.807, 2.05) is 0 Å². The van der Waals surface area contributed by atoms with Gasteiger partial charge in [0.1, 0.15) is 17.1 Å². The average molecular weight is 371 g/mol. The van der Waals surface area contributed by atoms with E-state index in [9.17, 15) is 18.8 Å². The van der Waals surface area contributed by atoms with E-state index in [2.05, 4.69) is 10.7 Å². The van der Waals surface area contributed by atoms with E-state index in [1.54, 1.807) is 37.3 Å². The van der Waals surface area contributed by atoms with Crippen molar-refractivity contribution in [3.8, 4) is 5.75 Å². The molecule has 7 nitrogen and oxygen atoms in total. The number of amides is 4. The summed E-state index contributed by atoms with van der Waals surface area (Å²) < 4.78 is 18.1. The molecule has 4 amide bonds. The minimum Gasteiger partial charge on any atom is -0.484 e. The summed E-state index contributed by atoms with van der Waals surface area (Å²) in [4.78, 5) is 37.2. The Hall–Kier alpha value is -3.42. The number of hydrogen-bond donors (Lipinski definition) is 2. The van der Waals surface area contributed by atoms with Gasteiger partial charge in [-0.3, -0.25) is 15.0 Å². The van der Waals surface area contributed by atoms with Crippen LogP contribution in [0.2, 0.25) is 0 Å². The molecule has 1 saturated heterocycles. The smallest absolute Gasteiger partial charge is 0.344 e. The highest BCUT2D eigenvalue weighted by Crippen LogP contribution is 2.31. The summed E-state index contributed by atoms with van der Waals surface area (Å²) in [5, 5.41) is 3.32. The molecule has 0 unspecified atom stereocenters. The number of nitrogens with zero attached hydrogens (tertiary/aromatic N) is 1. The summed E-state index contributed by atoms with van der Waals surface area (Å²) in [6.07, 6.45) is 0.319. The van der Waals surface area contributed by atoms with Crippen molar-refractivity contribution < 1.29 is 23.5 Å². The molecule has 27 heavy (non-hydrogen) atoms. The maximum Gasteiger partial charge on any atom is 0.344 e. The van der Waals surface area contributed by atoms with Gasteiger partial charge >= 0.3 is 6.03 Å². The first-order valence-electron chi connectivity index (χ1n) is 8.36. The Balaban J connectivity index is 1.68. The van der Waals surface area contributed by atoms with Crippen molar-refractivity contribution in [1.29, 1.82) is 0 Å². The largest absolute Gasteiger partial charge is 0.484 e. The number of rotatable bonds is 6. The van der Waals surface area contributed by atoms with Crippen LogP contribution in [0.5, 0.6) is 5.75 Å². The normalized spacial score (nSPS) is 19.0. The number of hydrogen-bond acceptors (Lipinski definition) is 4. The molecule has 1 aliphatic rings. The molecule has 1 fully saturated rings.